The van der Waals surface area contributed by atoms with Crippen molar-refractivity contribution < 1.29 is 13.9 Å². The Balaban J connectivity index is 1.21. The Morgan fingerprint density at radius 3 is 2.59 bits per heavy atom. The number of benzene rings is 1. The molecule has 32 heavy (non-hydrogen) atoms. The quantitative estimate of drug-likeness (QED) is 0.347. The molecule has 1 atom stereocenters. The van der Waals surface area contributed by atoms with E-state index in [0.29, 0.717) is 5.65 Å². The Kier molecular flexibility index (Phi) is 5.79. The molecule has 1 aliphatic rings. The van der Waals surface area contributed by atoms with Gasteiger partial charge >= 0.3 is 0 Å². The van der Waals surface area contributed by atoms with Crippen LogP contribution in [0.2, 0.25) is 0 Å². The highest BCUT2D eigenvalue weighted by atomic mass is 32.1. The van der Waals surface area contributed by atoms with Crippen LogP contribution in [-0.2, 0) is 0 Å². The van der Waals surface area contributed by atoms with Gasteiger partial charge in [0.2, 0.25) is 0 Å². The van der Waals surface area contributed by atoms with E-state index in [4.69, 9.17) is 0 Å². The Labute approximate surface area is 188 Å². The number of hydrogen-bond donors (Lipinski definition) is 3. The lowest BCUT2D eigenvalue weighted by Gasteiger charge is -2.32. The molecule has 0 amide bonds. The molecule has 1 aromatic carbocycles. The number of imidazole rings is 1. The van der Waals surface area contributed by atoms with Crippen LogP contribution in [0.25, 0.3) is 15.9 Å². The number of anilines is 1. The van der Waals surface area contributed by atoms with E-state index in [9.17, 15) is 13.9 Å². The minimum Gasteiger partial charge on any atom is -0.374 e. The average Bonchev–Trinajstić information content (AvgIpc) is 3.38. The van der Waals surface area contributed by atoms with E-state index in [0.717, 1.165) is 52.3 Å². The van der Waals surface area contributed by atoms with E-state index in [2.05, 4.69) is 20.6 Å². The average molecular weight is 458 g/mol. The lowest BCUT2D eigenvalue weighted by Crippen LogP contribution is -2.39. The van der Waals surface area contributed by atoms with Crippen LogP contribution in [-0.4, -0.2) is 31.6 Å². The van der Waals surface area contributed by atoms with Crippen LogP contribution >= 0.6 is 11.3 Å². The Morgan fingerprint density at radius 1 is 1.06 bits per heavy atom. The van der Waals surface area contributed by atoms with Crippen molar-refractivity contribution in [2.24, 2.45) is 0 Å². The first-order chi connectivity index (χ1) is 15.5. The minimum atomic E-state index is -2.59. The summed E-state index contributed by atoms with van der Waals surface area (Å²) in [4.78, 5) is 8.50. The molecule has 3 aromatic heterocycles. The fraction of sp³-hybridized carbons (Fsp3) is 0.391. The maximum absolute atomic E-state index is 13.0. The molecule has 4 aromatic rings. The fourth-order valence-corrected chi connectivity index (χ4v) is 5.43. The summed E-state index contributed by atoms with van der Waals surface area (Å²) in [6, 6.07) is 11.7. The summed E-state index contributed by atoms with van der Waals surface area (Å²) >= 11 is 1.60. The summed E-state index contributed by atoms with van der Waals surface area (Å²) in [7, 11) is 0. The monoisotopic (exact) mass is 457 g/mol. The number of fused-ring (bicyclic) bond motifs is 2. The second-order valence-corrected chi connectivity index (χ2v) is 9.50. The predicted octanol–water partition coefficient (Wildman–Crippen LogP) is 5.19. The molecule has 3 heterocycles. The molecule has 1 fully saturated rings. The number of hydrogen-bond acceptors (Lipinski definition) is 6. The van der Waals surface area contributed by atoms with Gasteiger partial charge in [0.25, 0.3) is 6.43 Å². The standard InChI is InChI=1S/C23H25F2N5OS/c1-13-26-17-5-2-4-16(21(17)32-13)23(31)28-15-10-8-14(9-11-15)27-19-6-3-7-20-29-18(22(24)25)12-30(19)20/h2-7,12,14-15,22-23,27-28,31H,8-11H2,1H3. The third kappa shape index (κ3) is 4.20. The summed E-state index contributed by atoms with van der Waals surface area (Å²) in [5.74, 6) is 0.769. The minimum absolute atomic E-state index is 0.210. The normalized spacial score (nSPS) is 20.3. The number of nitrogens with one attached hydrogen (secondary N) is 2. The number of halogens is 2. The zero-order valence-corrected chi connectivity index (χ0v) is 18.4. The second kappa shape index (κ2) is 8.73. The van der Waals surface area contributed by atoms with Crippen LogP contribution in [0, 0.1) is 6.92 Å². The van der Waals surface area contributed by atoms with Crippen LogP contribution in [0.3, 0.4) is 0 Å². The van der Waals surface area contributed by atoms with Crippen LogP contribution < -0.4 is 10.6 Å². The van der Waals surface area contributed by atoms with Gasteiger partial charge in [-0.2, -0.15) is 0 Å². The molecule has 6 nitrogen and oxygen atoms in total. The SMILES string of the molecule is Cc1nc2cccc(C(O)NC3CCC(Nc4cccc5nc(C(F)F)cn45)CC3)c2s1. The van der Waals surface area contributed by atoms with Crippen molar-refractivity contribution in [1.29, 1.82) is 0 Å². The molecule has 5 rings (SSSR count). The summed E-state index contributed by atoms with van der Waals surface area (Å²) in [5.41, 5.74) is 2.08. The van der Waals surface area contributed by atoms with Gasteiger partial charge in [0.05, 0.1) is 15.2 Å². The number of aryl methyl sites for hydroxylation is 1. The van der Waals surface area contributed by atoms with Gasteiger partial charge in [-0.05, 0) is 50.8 Å². The smallest absolute Gasteiger partial charge is 0.281 e. The molecule has 0 aliphatic heterocycles. The Morgan fingerprint density at radius 2 is 1.81 bits per heavy atom. The van der Waals surface area contributed by atoms with Gasteiger partial charge < -0.3 is 10.4 Å². The van der Waals surface area contributed by atoms with Crippen molar-refractivity contribution in [2.75, 3.05) is 5.32 Å². The van der Waals surface area contributed by atoms with Gasteiger partial charge in [0, 0.05) is 23.8 Å². The van der Waals surface area contributed by atoms with Crippen molar-refractivity contribution in [3.05, 3.63) is 58.9 Å². The third-order valence-electron chi connectivity index (χ3n) is 6.05. The van der Waals surface area contributed by atoms with Gasteiger partial charge in [-0.25, -0.2) is 18.7 Å². The predicted molar refractivity (Wildman–Crippen MR) is 122 cm³/mol. The second-order valence-electron chi connectivity index (χ2n) is 8.30. The number of alkyl halides is 2. The zero-order chi connectivity index (χ0) is 22.2. The molecule has 0 radical (unpaired) electrons. The number of thiazole rings is 1. The highest BCUT2D eigenvalue weighted by Crippen LogP contribution is 2.30. The maximum Gasteiger partial charge on any atom is 0.281 e. The number of aromatic nitrogens is 3. The van der Waals surface area contributed by atoms with E-state index >= 15 is 0 Å². The molecular weight excluding hydrogens is 432 g/mol. The van der Waals surface area contributed by atoms with Crippen LogP contribution in [0.4, 0.5) is 14.6 Å². The lowest BCUT2D eigenvalue weighted by atomic mass is 9.91. The number of rotatable bonds is 6. The molecule has 9 heteroatoms. The first kappa shape index (κ1) is 21.2. The van der Waals surface area contributed by atoms with Crippen molar-refractivity contribution in [2.45, 2.75) is 57.3 Å². The van der Waals surface area contributed by atoms with Gasteiger partial charge in [-0.1, -0.05) is 18.2 Å². The molecule has 1 unspecified atom stereocenters. The largest absolute Gasteiger partial charge is 0.374 e. The Bertz CT molecular complexity index is 1230. The van der Waals surface area contributed by atoms with E-state index in [1.54, 1.807) is 21.8 Å². The molecule has 168 valence electrons. The van der Waals surface area contributed by atoms with Crippen LogP contribution in [0.1, 0.15) is 54.6 Å². The van der Waals surface area contributed by atoms with Gasteiger partial charge in [-0.3, -0.25) is 9.72 Å². The zero-order valence-electron chi connectivity index (χ0n) is 17.6. The van der Waals surface area contributed by atoms with Crippen LogP contribution in [0.15, 0.2) is 42.6 Å². The Hall–Kier alpha value is -2.62. The van der Waals surface area contributed by atoms with Gasteiger partial charge in [0.15, 0.2) is 0 Å². The molecule has 0 bridgehead atoms. The number of aliphatic hydroxyl groups is 1. The van der Waals surface area contributed by atoms with Crippen molar-refractivity contribution in [3.8, 4) is 0 Å². The number of nitrogens with zero attached hydrogens (tertiary/aromatic N) is 3. The molecule has 1 aliphatic carbocycles. The number of aliphatic hydroxyl groups excluding tert-OH is 1. The molecule has 0 saturated heterocycles. The topological polar surface area (TPSA) is 74.5 Å². The highest BCUT2D eigenvalue weighted by molar-refractivity contribution is 7.18. The molecular formula is C23H25F2N5OS. The van der Waals surface area contributed by atoms with Crippen molar-refractivity contribution in [1.82, 2.24) is 19.7 Å². The highest BCUT2D eigenvalue weighted by Gasteiger charge is 2.25. The summed E-state index contributed by atoms with van der Waals surface area (Å²) in [6.07, 6.45) is 1.73. The summed E-state index contributed by atoms with van der Waals surface area (Å²) < 4.78 is 28.8. The fourth-order valence-electron chi connectivity index (χ4n) is 4.48. The first-order valence-electron chi connectivity index (χ1n) is 10.8. The molecule has 0 spiro atoms. The summed E-state index contributed by atoms with van der Waals surface area (Å²) in [6.45, 7) is 1.97. The lowest BCUT2D eigenvalue weighted by molar-refractivity contribution is 0.114. The first-order valence-corrected chi connectivity index (χ1v) is 11.6. The number of pyridine rings is 1. The van der Waals surface area contributed by atoms with Gasteiger partial charge in [-0.15, -0.1) is 11.3 Å². The third-order valence-corrected chi connectivity index (χ3v) is 7.09. The van der Waals surface area contributed by atoms with E-state index < -0.39 is 12.7 Å². The summed E-state index contributed by atoms with van der Waals surface area (Å²) in [5, 5.41) is 18.7. The maximum atomic E-state index is 13.0. The van der Waals surface area contributed by atoms with Gasteiger partial charge in [0.1, 0.15) is 23.4 Å². The molecule has 1 saturated carbocycles. The van der Waals surface area contributed by atoms with Crippen molar-refractivity contribution in [3.63, 3.8) is 0 Å². The van der Waals surface area contributed by atoms with Crippen LogP contribution in [0.5, 0.6) is 0 Å². The van der Waals surface area contributed by atoms with E-state index in [1.165, 1.54) is 6.20 Å². The molecule has 3 N–H and O–H groups in total. The van der Waals surface area contributed by atoms with Crippen molar-refractivity contribution >= 4 is 33.0 Å². The van der Waals surface area contributed by atoms with E-state index in [-0.39, 0.29) is 17.8 Å². The van der Waals surface area contributed by atoms with E-state index in [1.807, 2.05) is 37.3 Å².